The summed E-state index contributed by atoms with van der Waals surface area (Å²) in [7, 11) is 0. The maximum Gasteiger partial charge on any atom is 3.00 e. The number of hydrogen-bond donors (Lipinski definition) is 0. The molecule has 2 aromatic heterocycles. The third-order valence-electron chi connectivity index (χ3n) is 8.33. The molecule has 0 saturated heterocycles. The minimum absolute atomic E-state index is 0. The van der Waals surface area contributed by atoms with Crippen LogP contribution in [0.5, 0.6) is 0 Å². The van der Waals surface area contributed by atoms with Gasteiger partial charge in [0.15, 0.2) is 0 Å². The van der Waals surface area contributed by atoms with Crippen LogP contribution in [-0.2, 0) is 31.9 Å². The number of fused-ring (bicyclic) bond motifs is 6. The van der Waals surface area contributed by atoms with Crippen molar-refractivity contribution in [2.24, 2.45) is 11.8 Å². The zero-order valence-corrected chi connectivity index (χ0v) is 32.9. The van der Waals surface area contributed by atoms with E-state index >= 15 is 0 Å². The molecular formula is C42H51IrN4O. The van der Waals surface area contributed by atoms with Gasteiger partial charge in [-0.05, 0) is 28.7 Å². The normalized spacial score (nSPS) is 12.2. The predicted octanol–water partition coefficient (Wildman–Crippen LogP) is 12.2. The van der Waals surface area contributed by atoms with Gasteiger partial charge in [-0.2, -0.15) is 0 Å². The maximum absolute atomic E-state index is 6.47. The fraction of sp³-hybridized carbons (Fsp3) is 0.429. The van der Waals surface area contributed by atoms with Gasteiger partial charge in [-0.25, -0.2) is 11.1 Å². The van der Waals surface area contributed by atoms with E-state index in [-0.39, 0.29) is 31.7 Å². The molecule has 4 aromatic carbocycles. The number of hydrogen-bond acceptors (Lipinski definition) is 3. The Hall–Kier alpha value is -3.15. The van der Waals surface area contributed by atoms with E-state index in [1.165, 1.54) is 27.3 Å². The Morgan fingerprint density at radius 3 is 2.08 bits per heavy atom. The molecule has 0 N–H and O–H groups in total. The topological polar surface area (TPSA) is 67.1 Å². The summed E-state index contributed by atoms with van der Waals surface area (Å²) in [6, 6.07) is 26.0. The second-order valence-corrected chi connectivity index (χ2v) is 15.1. The molecule has 0 aliphatic rings. The molecule has 0 spiro atoms. The zero-order valence-electron chi connectivity index (χ0n) is 30.5. The summed E-state index contributed by atoms with van der Waals surface area (Å²) in [5.41, 5.74) is 5.93. The standard InChI is InChI=1S/C32H29N2O.C10H22N2.Ir/c1-19(2)15-22-11-8-10-20-13-14-25-28-29(33-18-34-31(28)35-30(25)27(20)22)23-16-21-9-6-7-12-24(21)26(17-23)32(3,4)5;1-7(2)10(11-8(3)4)12-9(5)6;/h6-14,17-19H,15H2,1-5H3;7-10H,1-6H3;/q-1;-2;+3. The Balaban J connectivity index is 0.000000345. The summed E-state index contributed by atoms with van der Waals surface area (Å²) in [5.74, 6) is 1.08. The van der Waals surface area contributed by atoms with E-state index in [4.69, 9.17) is 9.40 Å². The molecule has 0 radical (unpaired) electrons. The van der Waals surface area contributed by atoms with Gasteiger partial charge in [0.05, 0.1) is 0 Å². The monoisotopic (exact) mass is 820 g/mol. The Morgan fingerprint density at radius 2 is 1.46 bits per heavy atom. The molecule has 0 fully saturated rings. The number of nitrogens with zero attached hydrogens (tertiary/aromatic N) is 4. The van der Waals surface area contributed by atoms with Crippen LogP contribution < -0.4 is 0 Å². The van der Waals surface area contributed by atoms with E-state index in [0.29, 0.717) is 29.6 Å². The van der Waals surface area contributed by atoms with E-state index in [1.54, 1.807) is 6.33 Å². The minimum Gasteiger partial charge on any atom is -0.675 e. The molecule has 2 heterocycles. The van der Waals surface area contributed by atoms with Crippen LogP contribution in [0, 0.1) is 17.9 Å². The Morgan fingerprint density at radius 1 is 0.771 bits per heavy atom. The Bertz CT molecular complexity index is 1970. The predicted molar refractivity (Wildman–Crippen MR) is 201 cm³/mol. The first-order valence-electron chi connectivity index (χ1n) is 17.2. The second kappa shape index (κ2) is 15.6. The van der Waals surface area contributed by atoms with Gasteiger partial charge >= 0.3 is 20.1 Å². The first-order valence-corrected chi connectivity index (χ1v) is 17.2. The molecule has 0 aliphatic carbocycles. The Labute approximate surface area is 301 Å². The SMILES string of the molecule is CC(C)Cc1cccc2ccc3c(oc4ncnc(-c5[c-]c6ccccc6c(C(C)(C)C)c5)c43)c12.CC(C)[N-]C([N-]C(C)C)C(C)C.[Ir+3]. The molecule has 0 bridgehead atoms. The van der Waals surface area contributed by atoms with E-state index in [9.17, 15) is 0 Å². The average molecular weight is 820 g/mol. The molecule has 0 amide bonds. The molecule has 6 aromatic rings. The molecule has 0 aliphatic heterocycles. The molecule has 48 heavy (non-hydrogen) atoms. The van der Waals surface area contributed by atoms with Crippen LogP contribution in [0.25, 0.3) is 65.5 Å². The fourth-order valence-electron chi connectivity index (χ4n) is 6.29. The number of rotatable bonds is 8. The van der Waals surface area contributed by atoms with Gasteiger partial charge in [-0.3, -0.25) is 4.98 Å². The smallest absolute Gasteiger partial charge is 0.675 e. The molecule has 5 nitrogen and oxygen atoms in total. The van der Waals surface area contributed by atoms with Crippen molar-refractivity contribution < 1.29 is 24.5 Å². The van der Waals surface area contributed by atoms with Crippen LogP contribution in [0.2, 0.25) is 0 Å². The van der Waals surface area contributed by atoms with Crippen LogP contribution in [-0.4, -0.2) is 28.2 Å². The van der Waals surface area contributed by atoms with Gasteiger partial charge in [-0.15, -0.1) is 41.2 Å². The third-order valence-corrected chi connectivity index (χ3v) is 8.33. The summed E-state index contributed by atoms with van der Waals surface area (Å²) in [6.07, 6.45) is 2.79. The molecule has 6 rings (SSSR count). The largest absolute Gasteiger partial charge is 3.00 e. The summed E-state index contributed by atoms with van der Waals surface area (Å²) >= 11 is 0. The van der Waals surface area contributed by atoms with E-state index in [0.717, 1.165) is 39.4 Å². The summed E-state index contributed by atoms with van der Waals surface area (Å²) in [4.78, 5) is 9.32. The first kappa shape index (κ1) is 37.7. The van der Waals surface area contributed by atoms with Crippen LogP contribution >= 0.6 is 0 Å². The minimum atomic E-state index is -0.0178. The number of furan rings is 1. The number of aromatic nitrogens is 2. The van der Waals surface area contributed by atoms with Crippen LogP contribution in [0.4, 0.5) is 0 Å². The average Bonchev–Trinajstić information content (AvgIpc) is 3.38. The van der Waals surface area contributed by atoms with Gasteiger partial charge in [0.2, 0.25) is 5.71 Å². The molecular weight excluding hydrogens is 769 g/mol. The summed E-state index contributed by atoms with van der Waals surface area (Å²) < 4.78 is 6.47. The van der Waals surface area contributed by atoms with Gasteiger partial charge in [-0.1, -0.05) is 142 Å². The third kappa shape index (κ3) is 8.34. The number of benzene rings is 4. The quantitative estimate of drug-likeness (QED) is 0.144. The van der Waals surface area contributed by atoms with Crippen molar-refractivity contribution in [2.75, 3.05) is 0 Å². The van der Waals surface area contributed by atoms with E-state index in [2.05, 4.69) is 159 Å². The van der Waals surface area contributed by atoms with Crippen LogP contribution in [0.15, 0.2) is 71.4 Å². The molecule has 6 heteroatoms. The van der Waals surface area contributed by atoms with Crippen LogP contribution in [0.1, 0.15) is 87.3 Å². The zero-order chi connectivity index (χ0) is 34.0. The van der Waals surface area contributed by atoms with Gasteiger partial charge in [0.1, 0.15) is 11.9 Å². The Kier molecular flexibility index (Phi) is 12.2. The van der Waals surface area contributed by atoms with Crippen molar-refractivity contribution in [2.45, 2.75) is 106 Å². The molecule has 0 atom stereocenters. The van der Waals surface area contributed by atoms with Crippen molar-refractivity contribution in [1.82, 2.24) is 9.97 Å². The second-order valence-electron chi connectivity index (χ2n) is 15.1. The molecule has 254 valence electrons. The summed E-state index contributed by atoms with van der Waals surface area (Å²) in [5, 5.41) is 15.8. The molecule has 0 saturated carbocycles. The van der Waals surface area contributed by atoms with Crippen molar-refractivity contribution in [1.29, 1.82) is 0 Å². The fourth-order valence-corrected chi connectivity index (χ4v) is 6.29. The van der Waals surface area contributed by atoms with Crippen LogP contribution in [0.3, 0.4) is 0 Å². The molecule has 0 unspecified atom stereocenters. The van der Waals surface area contributed by atoms with Crippen molar-refractivity contribution in [3.63, 3.8) is 0 Å². The van der Waals surface area contributed by atoms with Crippen molar-refractivity contribution in [3.8, 4) is 11.3 Å². The van der Waals surface area contributed by atoms with Gasteiger partial charge in [0.25, 0.3) is 0 Å². The first-order chi connectivity index (χ1) is 22.2. The van der Waals surface area contributed by atoms with E-state index in [1.807, 2.05) is 0 Å². The van der Waals surface area contributed by atoms with Crippen molar-refractivity contribution in [3.05, 3.63) is 94.8 Å². The van der Waals surface area contributed by atoms with Gasteiger partial charge < -0.3 is 15.1 Å². The summed E-state index contributed by atoms with van der Waals surface area (Å²) in [6.45, 7) is 24.0. The maximum atomic E-state index is 6.47. The van der Waals surface area contributed by atoms with Gasteiger partial charge in [0, 0.05) is 21.9 Å². The van der Waals surface area contributed by atoms with Crippen molar-refractivity contribution >= 4 is 43.6 Å². The van der Waals surface area contributed by atoms with E-state index < -0.39 is 0 Å².